The third kappa shape index (κ3) is 3.23. The number of fused-ring (bicyclic) bond motifs is 1. The predicted molar refractivity (Wildman–Crippen MR) is 88.3 cm³/mol. The van der Waals surface area contributed by atoms with Crippen LogP contribution in [0.3, 0.4) is 0 Å². The zero-order valence-corrected chi connectivity index (χ0v) is 12.9. The molecule has 6 heteroatoms. The summed E-state index contributed by atoms with van der Waals surface area (Å²) in [7, 11) is 4.15. The first-order chi connectivity index (χ1) is 10.6. The maximum absolute atomic E-state index is 5.74. The molecule has 0 aromatic carbocycles. The van der Waals surface area contributed by atoms with E-state index in [1.807, 2.05) is 35.4 Å². The maximum atomic E-state index is 5.74. The zero-order valence-electron chi connectivity index (χ0n) is 12.9. The van der Waals surface area contributed by atoms with Gasteiger partial charge in [-0.25, -0.2) is 4.98 Å². The molecule has 3 aromatic rings. The Labute approximate surface area is 129 Å². The van der Waals surface area contributed by atoms with Crippen molar-refractivity contribution in [3.05, 3.63) is 36.8 Å². The summed E-state index contributed by atoms with van der Waals surface area (Å²) in [6.07, 6.45) is 6.83. The van der Waals surface area contributed by atoms with Gasteiger partial charge in [-0.15, -0.1) is 0 Å². The molecule has 0 fully saturated rings. The van der Waals surface area contributed by atoms with Gasteiger partial charge in [0.05, 0.1) is 17.2 Å². The van der Waals surface area contributed by atoms with Gasteiger partial charge in [0.2, 0.25) is 0 Å². The number of aryl methyl sites for hydroxylation is 1. The lowest BCUT2D eigenvalue weighted by atomic mass is 10.1. The molecule has 3 rings (SSSR count). The molecular formula is C16H20N6. The van der Waals surface area contributed by atoms with Crippen LogP contribution in [0.15, 0.2) is 36.8 Å². The van der Waals surface area contributed by atoms with Crippen molar-refractivity contribution in [2.24, 2.45) is 0 Å². The van der Waals surface area contributed by atoms with Crippen molar-refractivity contribution in [1.82, 2.24) is 24.6 Å². The Bertz CT molecular complexity index is 777. The van der Waals surface area contributed by atoms with Gasteiger partial charge in [0.25, 0.3) is 0 Å². The summed E-state index contributed by atoms with van der Waals surface area (Å²) < 4.78 is 1.97. The molecule has 0 aliphatic carbocycles. The summed E-state index contributed by atoms with van der Waals surface area (Å²) in [5.41, 5.74) is 9.43. The van der Waals surface area contributed by atoms with E-state index in [1.54, 1.807) is 6.07 Å². The van der Waals surface area contributed by atoms with E-state index in [1.165, 1.54) is 0 Å². The second kappa shape index (κ2) is 6.11. The molecule has 3 heterocycles. The van der Waals surface area contributed by atoms with Crippen LogP contribution in [-0.2, 0) is 6.54 Å². The van der Waals surface area contributed by atoms with Gasteiger partial charge in [-0.1, -0.05) is 0 Å². The monoisotopic (exact) mass is 296 g/mol. The molecule has 0 amide bonds. The number of hydrogen-bond donors (Lipinski definition) is 1. The minimum absolute atomic E-state index is 0.505. The largest absolute Gasteiger partial charge is 0.384 e. The molecule has 3 aromatic heterocycles. The summed E-state index contributed by atoms with van der Waals surface area (Å²) in [4.78, 5) is 10.9. The van der Waals surface area contributed by atoms with Crippen molar-refractivity contribution in [1.29, 1.82) is 0 Å². The average Bonchev–Trinajstić information content (AvgIpc) is 2.95. The van der Waals surface area contributed by atoms with Crippen LogP contribution in [0.2, 0.25) is 0 Å². The third-order valence-corrected chi connectivity index (χ3v) is 3.52. The topological polar surface area (TPSA) is 72.9 Å². The van der Waals surface area contributed by atoms with Crippen LogP contribution in [0.4, 0.5) is 5.82 Å². The van der Waals surface area contributed by atoms with Gasteiger partial charge in [0, 0.05) is 30.1 Å². The van der Waals surface area contributed by atoms with E-state index in [0.29, 0.717) is 5.82 Å². The number of rotatable bonds is 5. The van der Waals surface area contributed by atoms with E-state index in [0.717, 1.165) is 41.7 Å². The average molecular weight is 296 g/mol. The van der Waals surface area contributed by atoms with Gasteiger partial charge < -0.3 is 10.6 Å². The second-order valence-corrected chi connectivity index (χ2v) is 5.65. The highest BCUT2D eigenvalue weighted by molar-refractivity contribution is 5.80. The third-order valence-electron chi connectivity index (χ3n) is 3.52. The molecule has 0 aliphatic rings. The maximum Gasteiger partial charge on any atom is 0.124 e. The fraction of sp³-hybridized carbons (Fsp3) is 0.312. The lowest BCUT2D eigenvalue weighted by Gasteiger charge is -2.08. The molecule has 0 unspecified atom stereocenters. The molecular weight excluding hydrogens is 276 g/mol. The first kappa shape index (κ1) is 14.5. The van der Waals surface area contributed by atoms with Crippen LogP contribution in [0, 0.1) is 0 Å². The van der Waals surface area contributed by atoms with Crippen molar-refractivity contribution in [3.63, 3.8) is 0 Å². The minimum atomic E-state index is 0.505. The summed E-state index contributed by atoms with van der Waals surface area (Å²) in [5.74, 6) is 0.505. The van der Waals surface area contributed by atoms with Gasteiger partial charge >= 0.3 is 0 Å². The van der Waals surface area contributed by atoms with Crippen molar-refractivity contribution in [3.8, 4) is 11.1 Å². The second-order valence-electron chi connectivity index (χ2n) is 5.65. The normalized spacial score (nSPS) is 11.4. The fourth-order valence-corrected chi connectivity index (χ4v) is 2.36. The molecule has 0 saturated carbocycles. The first-order valence-corrected chi connectivity index (χ1v) is 7.32. The summed E-state index contributed by atoms with van der Waals surface area (Å²) in [5, 5.41) is 4.41. The first-order valence-electron chi connectivity index (χ1n) is 7.32. The Morgan fingerprint density at radius 2 is 2.00 bits per heavy atom. The highest BCUT2D eigenvalue weighted by Gasteiger charge is 2.05. The Morgan fingerprint density at radius 1 is 1.14 bits per heavy atom. The van der Waals surface area contributed by atoms with Crippen molar-refractivity contribution in [2.75, 3.05) is 26.4 Å². The molecule has 2 N–H and O–H groups in total. The van der Waals surface area contributed by atoms with Crippen LogP contribution in [0.1, 0.15) is 6.42 Å². The van der Waals surface area contributed by atoms with Crippen molar-refractivity contribution in [2.45, 2.75) is 13.0 Å². The number of anilines is 1. The number of aromatic nitrogens is 4. The van der Waals surface area contributed by atoms with Crippen LogP contribution in [0.5, 0.6) is 0 Å². The smallest absolute Gasteiger partial charge is 0.124 e. The predicted octanol–water partition coefficient (Wildman–Crippen LogP) is 2.03. The highest BCUT2D eigenvalue weighted by atomic mass is 15.3. The molecule has 0 spiro atoms. The SMILES string of the molecule is CN(C)CCCn1cc(-c2cnc3ccc(N)nc3c2)cn1. The number of nitrogen functional groups attached to an aromatic ring is 1. The number of hydrogen-bond acceptors (Lipinski definition) is 5. The van der Waals surface area contributed by atoms with E-state index >= 15 is 0 Å². The fourth-order valence-electron chi connectivity index (χ4n) is 2.36. The Kier molecular flexibility index (Phi) is 4.02. The molecule has 6 nitrogen and oxygen atoms in total. The van der Waals surface area contributed by atoms with Crippen LogP contribution in [0.25, 0.3) is 22.2 Å². The summed E-state index contributed by atoms with van der Waals surface area (Å²) >= 11 is 0. The van der Waals surface area contributed by atoms with E-state index in [9.17, 15) is 0 Å². The van der Waals surface area contributed by atoms with Crippen LogP contribution in [-0.4, -0.2) is 45.3 Å². The minimum Gasteiger partial charge on any atom is -0.384 e. The van der Waals surface area contributed by atoms with Gasteiger partial charge in [0.15, 0.2) is 0 Å². The van der Waals surface area contributed by atoms with E-state index in [4.69, 9.17) is 5.73 Å². The lowest BCUT2D eigenvalue weighted by Crippen LogP contribution is -2.15. The van der Waals surface area contributed by atoms with E-state index < -0.39 is 0 Å². The van der Waals surface area contributed by atoms with E-state index in [2.05, 4.69) is 34.1 Å². The van der Waals surface area contributed by atoms with E-state index in [-0.39, 0.29) is 0 Å². The number of nitrogens with zero attached hydrogens (tertiary/aromatic N) is 5. The molecule has 0 atom stereocenters. The van der Waals surface area contributed by atoms with Crippen molar-refractivity contribution >= 4 is 16.9 Å². The zero-order chi connectivity index (χ0) is 15.5. The Hall–Kier alpha value is -2.47. The standard InChI is InChI=1S/C16H20N6/c1-21(2)6-3-7-22-11-13(10-19-22)12-8-15-14(18-9-12)4-5-16(17)20-15/h4-5,8-11H,3,6-7H2,1-2H3,(H2,17,20). The number of pyridine rings is 2. The number of nitrogens with two attached hydrogens (primary N) is 1. The van der Waals surface area contributed by atoms with Crippen LogP contribution < -0.4 is 5.73 Å². The quantitative estimate of drug-likeness (QED) is 0.780. The summed E-state index contributed by atoms with van der Waals surface area (Å²) in [6.45, 7) is 1.96. The van der Waals surface area contributed by atoms with Crippen molar-refractivity contribution < 1.29 is 0 Å². The molecule has 22 heavy (non-hydrogen) atoms. The molecule has 0 aliphatic heterocycles. The Morgan fingerprint density at radius 3 is 2.82 bits per heavy atom. The lowest BCUT2D eigenvalue weighted by molar-refractivity contribution is 0.380. The Balaban J connectivity index is 1.80. The molecule has 114 valence electrons. The highest BCUT2D eigenvalue weighted by Crippen LogP contribution is 2.21. The summed E-state index contributed by atoms with van der Waals surface area (Å²) in [6, 6.07) is 5.64. The van der Waals surface area contributed by atoms with Crippen LogP contribution >= 0.6 is 0 Å². The van der Waals surface area contributed by atoms with Gasteiger partial charge in [0.1, 0.15) is 5.82 Å². The molecule has 0 saturated heterocycles. The molecule has 0 radical (unpaired) electrons. The van der Waals surface area contributed by atoms with Gasteiger partial charge in [-0.3, -0.25) is 9.67 Å². The molecule has 0 bridgehead atoms. The van der Waals surface area contributed by atoms with Gasteiger partial charge in [-0.2, -0.15) is 5.10 Å². The van der Waals surface area contributed by atoms with Gasteiger partial charge in [-0.05, 0) is 45.3 Å².